The highest BCUT2D eigenvalue weighted by atomic mass is 19.1. The second-order valence-electron chi connectivity index (χ2n) is 11.2. The van der Waals surface area contributed by atoms with Crippen LogP contribution in [-0.4, -0.2) is 97.0 Å². The van der Waals surface area contributed by atoms with Gasteiger partial charge in [0.2, 0.25) is 5.91 Å². The van der Waals surface area contributed by atoms with Crippen LogP contribution in [0.5, 0.6) is 5.75 Å². The van der Waals surface area contributed by atoms with E-state index in [0.29, 0.717) is 19.1 Å². The van der Waals surface area contributed by atoms with Gasteiger partial charge in [0.25, 0.3) is 0 Å². The minimum atomic E-state index is -0.235. The fourth-order valence-electron chi connectivity index (χ4n) is 5.96. The number of halogens is 1. The first-order chi connectivity index (χ1) is 19.1. The van der Waals surface area contributed by atoms with Gasteiger partial charge in [-0.3, -0.25) is 19.5 Å². The van der Waals surface area contributed by atoms with Gasteiger partial charge >= 0.3 is 0 Å². The molecule has 1 amide bonds. The van der Waals surface area contributed by atoms with Crippen molar-refractivity contribution in [3.63, 3.8) is 0 Å². The Hall–Kier alpha value is -2.74. The lowest BCUT2D eigenvalue weighted by Crippen LogP contribution is -2.55. The molecule has 0 atom stereocenters. The maximum Gasteiger partial charge on any atom is 0.236 e. The van der Waals surface area contributed by atoms with Crippen molar-refractivity contribution in [2.75, 3.05) is 65.4 Å². The Balaban J connectivity index is 0.966. The Morgan fingerprint density at radius 3 is 2.18 bits per heavy atom. The SMILES string of the molecule is O=C(CN1CCN(C/C=C/c2ccc(OCc3ccc(F)cc3)cc2)CC1)N1CCN(C2CCCCC2)CC1. The summed E-state index contributed by atoms with van der Waals surface area (Å²) >= 11 is 0. The summed E-state index contributed by atoms with van der Waals surface area (Å²) in [6, 6.07) is 15.2. The van der Waals surface area contributed by atoms with E-state index in [1.54, 1.807) is 12.1 Å². The Kier molecular flexibility index (Phi) is 10.0. The summed E-state index contributed by atoms with van der Waals surface area (Å²) in [5.74, 6) is 0.866. The molecule has 210 valence electrons. The number of benzene rings is 2. The predicted molar refractivity (Wildman–Crippen MR) is 154 cm³/mol. The first-order valence-corrected chi connectivity index (χ1v) is 14.7. The van der Waals surface area contributed by atoms with E-state index in [1.165, 1.54) is 44.2 Å². The number of nitrogens with zero attached hydrogens (tertiary/aromatic N) is 4. The lowest BCUT2D eigenvalue weighted by Gasteiger charge is -2.41. The highest BCUT2D eigenvalue weighted by Gasteiger charge is 2.28. The number of hydrogen-bond donors (Lipinski definition) is 0. The van der Waals surface area contributed by atoms with Crippen LogP contribution in [0.4, 0.5) is 4.39 Å². The summed E-state index contributed by atoms with van der Waals surface area (Å²) in [6.45, 7) is 9.63. The first-order valence-electron chi connectivity index (χ1n) is 14.7. The number of rotatable bonds is 9. The van der Waals surface area contributed by atoms with Gasteiger partial charge in [-0.25, -0.2) is 4.39 Å². The summed E-state index contributed by atoms with van der Waals surface area (Å²) in [5.41, 5.74) is 2.08. The van der Waals surface area contributed by atoms with Crippen LogP contribution in [-0.2, 0) is 11.4 Å². The molecule has 1 saturated carbocycles. The Bertz CT molecular complexity index is 1050. The van der Waals surface area contributed by atoms with Gasteiger partial charge in [-0.1, -0.05) is 55.7 Å². The Morgan fingerprint density at radius 2 is 1.49 bits per heavy atom. The molecule has 2 saturated heterocycles. The fourth-order valence-corrected chi connectivity index (χ4v) is 5.96. The van der Waals surface area contributed by atoms with E-state index in [4.69, 9.17) is 4.74 Å². The van der Waals surface area contributed by atoms with Crippen molar-refractivity contribution in [1.82, 2.24) is 19.6 Å². The van der Waals surface area contributed by atoms with Crippen LogP contribution in [0.1, 0.15) is 43.2 Å². The zero-order valence-electron chi connectivity index (χ0n) is 23.1. The molecule has 2 heterocycles. The molecule has 0 radical (unpaired) electrons. The van der Waals surface area contributed by atoms with Crippen molar-refractivity contribution in [3.05, 3.63) is 71.6 Å². The third-order valence-corrected chi connectivity index (χ3v) is 8.45. The van der Waals surface area contributed by atoms with Gasteiger partial charge in [0.1, 0.15) is 18.2 Å². The van der Waals surface area contributed by atoms with Crippen molar-refractivity contribution in [2.45, 2.75) is 44.8 Å². The van der Waals surface area contributed by atoms with Gasteiger partial charge in [-0.2, -0.15) is 0 Å². The van der Waals surface area contributed by atoms with Crippen molar-refractivity contribution in [1.29, 1.82) is 0 Å². The number of carbonyl (C=O) groups is 1. The largest absolute Gasteiger partial charge is 0.489 e. The summed E-state index contributed by atoms with van der Waals surface area (Å²) < 4.78 is 18.8. The molecule has 0 bridgehead atoms. The van der Waals surface area contributed by atoms with Gasteiger partial charge in [-0.15, -0.1) is 0 Å². The molecule has 0 aromatic heterocycles. The van der Waals surface area contributed by atoms with E-state index in [-0.39, 0.29) is 5.82 Å². The summed E-state index contributed by atoms with van der Waals surface area (Å²) in [7, 11) is 0. The van der Waals surface area contributed by atoms with Gasteiger partial charge in [-0.05, 0) is 48.2 Å². The molecule has 2 aromatic rings. The van der Waals surface area contributed by atoms with E-state index < -0.39 is 0 Å². The molecule has 7 heteroatoms. The Labute approximate surface area is 233 Å². The van der Waals surface area contributed by atoms with Crippen molar-refractivity contribution in [3.8, 4) is 5.75 Å². The molecule has 39 heavy (non-hydrogen) atoms. The summed E-state index contributed by atoms with van der Waals surface area (Å²) in [5, 5.41) is 0. The molecule has 0 unspecified atom stereocenters. The summed E-state index contributed by atoms with van der Waals surface area (Å²) in [4.78, 5) is 22.4. The number of ether oxygens (including phenoxy) is 1. The fraction of sp³-hybridized carbons (Fsp3) is 0.531. The van der Waals surface area contributed by atoms with Crippen LogP contribution < -0.4 is 4.74 Å². The van der Waals surface area contributed by atoms with Crippen LogP contribution in [0.2, 0.25) is 0 Å². The summed E-state index contributed by atoms with van der Waals surface area (Å²) in [6.07, 6.45) is 11.2. The van der Waals surface area contributed by atoms with Gasteiger partial charge < -0.3 is 9.64 Å². The quantitative estimate of drug-likeness (QED) is 0.473. The molecule has 3 aliphatic rings. The minimum Gasteiger partial charge on any atom is -0.489 e. The zero-order valence-corrected chi connectivity index (χ0v) is 23.1. The number of piperazine rings is 2. The van der Waals surface area contributed by atoms with E-state index in [0.717, 1.165) is 81.8 Å². The normalized spacial score (nSPS) is 20.5. The third kappa shape index (κ3) is 8.37. The van der Waals surface area contributed by atoms with Gasteiger partial charge in [0.15, 0.2) is 0 Å². The van der Waals surface area contributed by atoms with Gasteiger partial charge in [0.05, 0.1) is 6.54 Å². The molecular weight excluding hydrogens is 491 g/mol. The molecule has 5 rings (SSSR count). The van der Waals surface area contributed by atoms with E-state index in [1.807, 2.05) is 12.1 Å². The molecule has 0 N–H and O–H groups in total. The van der Waals surface area contributed by atoms with Crippen LogP contribution in [0, 0.1) is 5.82 Å². The minimum absolute atomic E-state index is 0.235. The third-order valence-electron chi connectivity index (χ3n) is 8.45. The molecular formula is C32H43FN4O2. The maximum atomic E-state index is 13.0. The maximum absolute atomic E-state index is 13.0. The lowest BCUT2D eigenvalue weighted by atomic mass is 9.94. The van der Waals surface area contributed by atoms with Crippen molar-refractivity contribution >= 4 is 12.0 Å². The second kappa shape index (κ2) is 14.1. The van der Waals surface area contributed by atoms with Crippen LogP contribution in [0.3, 0.4) is 0 Å². The van der Waals surface area contributed by atoms with Crippen LogP contribution in [0.25, 0.3) is 6.08 Å². The highest BCUT2D eigenvalue weighted by Crippen LogP contribution is 2.23. The monoisotopic (exact) mass is 534 g/mol. The van der Waals surface area contributed by atoms with E-state index >= 15 is 0 Å². The number of amides is 1. The smallest absolute Gasteiger partial charge is 0.236 e. The zero-order chi connectivity index (χ0) is 26.9. The molecule has 6 nitrogen and oxygen atoms in total. The molecule has 2 aromatic carbocycles. The van der Waals surface area contributed by atoms with Crippen molar-refractivity contribution in [2.24, 2.45) is 0 Å². The van der Waals surface area contributed by atoms with Crippen LogP contribution >= 0.6 is 0 Å². The second-order valence-corrected chi connectivity index (χ2v) is 11.2. The molecule has 1 aliphatic carbocycles. The standard InChI is InChI=1S/C32H43FN4O2/c33-29-12-8-28(9-13-29)26-39-31-14-10-27(11-15-31)5-4-16-34-17-19-35(20-18-34)25-32(38)37-23-21-36(22-24-37)30-6-2-1-3-7-30/h4-5,8-15,30H,1-3,6-7,16-26H2/b5-4+. The van der Waals surface area contributed by atoms with Crippen molar-refractivity contribution < 1.29 is 13.9 Å². The lowest BCUT2D eigenvalue weighted by molar-refractivity contribution is -0.135. The molecule has 0 spiro atoms. The predicted octanol–water partition coefficient (Wildman–Crippen LogP) is 4.51. The van der Waals surface area contributed by atoms with E-state index in [9.17, 15) is 9.18 Å². The van der Waals surface area contributed by atoms with Crippen LogP contribution in [0.15, 0.2) is 54.6 Å². The number of hydrogen-bond acceptors (Lipinski definition) is 5. The van der Waals surface area contributed by atoms with Gasteiger partial charge in [0, 0.05) is 64.9 Å². The Morgan fingerprint density at radius 1 is 0.821 bits per heavy atom. The van der Waals surface area contributed by atoms with E-state index in [2.05, 4.69) is 43.9 Å². The first kappa shape index (κ1) is 27.8. The topological polar surface area (TPSA) is 39.3 Å². The molecule has 3 fully saturated rings. The number of carbonyl (C=O) groups excluding carboxylic acids is 1. The average Bonchev–Trinajstić information content (AvgIpc) is 2.99. The highest BCUT2D eigenvalue weighted by molar-refractivity contribution is 5.78. The molecule has 2 aliphatic heterocycles. The average molecular weight is 535 g/mol.